The lowest BCUT2D eigenvalue weighted by Crippen LogP contribution is -2.29. The monoisotopic (exact) mass is 1720 g/mol. The van der Waals surface area contributed by atoms with Gasteiger partial charge in [0.2, 0.25) is 0 Å². The van der Waals surface area contributed by atoms with Crippen molar-refractivity contribution < 1.29 is 135 Å². The van der Waals surface area contributed by atoms with Gasteiger partial charge in [-0.2, -0.15) is 0 Å². The van der Waals surface area contributed by atoms with Crippen molar-refractivity contribution >= 4 is 85.5 Å². The molecule has 0 saturated heterocycles. The molecular weight excluding hydrogens is 1620 g/mol. The highest BCUT2D eigenvalue weighted by atomic mass is 16.6. The third kappa shape index (κ3) is 31.7. The third-order valence-electron chi connectivity index (χ3n) is 18.7. The number of ether oxygens (including phenoxy) is 14. The average Bonchev–Trinajstić information content (AvgIpc) is 0.802. The van der Waals surface area contributed by atoms with Crippen molar-refractivity contribution in [2.45, 2.75) is 86.7 Å². The lowest BCUT2D eigenvalue weighted by atomic mass is 9.80. The number of hydrogen-bond donors (Lipinski definition) is 6. The van der Waals surface area contributed by atoms with Crippen molar-refractivity contribution in [3.63, 3.8) is 0 Å². The van der Waals surface area contributed by atoms with Crippen LogP contribution in [0.1, 0.15) is 129 Å². The molecule has 31 heteroatoms. The number of hydrogen-bond acceptors (Lipinski definition) is 28. The molecule has 10 aromatic rings. The Labute approximate surface area is 730 Å². The molecule has 0 spiro atoms. The third-order valence-corrected chi connectivity index (χ3v) is 18.7. The number of carbonyl (C=O) groups excluding carboxylic acids is 8. The second-order valence-corrected chi connectivity index (χ2v) is 27.9. The Bertz CT molecular complexity index is 5290. The van der Waals surface area contributed by atoms with Crippen LogP contribution in [0, 0.1) is 41.5 Å². The van der Waals surface area contributed by atoms with Gasteiger partial charge in [-0.15, -0.1) is 0 Å². The molecule has 0 saturated carbocycles. The highest BCUT2D eigenvalue weighted by Gasteiger charge is 2.24. The van der Waals surface area contributed by atoms with E-state index in [0.717, 1.165) is 23.8 Å². The summed E-state index contributed by atoms with van der Waals surface area (Å²) in [6.45, 7) is 23.7. The summed E-state index contributed by atoms with van der Waals surface area (Å²) in [4.78, 5) is 97.0. The van der Waals surface area contributed by atoms with E-state index in [1.54, 1.807) is 224 Å². The molecule has 28 nitrogen and oxygen atoms in total. The number of rotatable bonds is 42. The van der Waals surface area contributed by atoms with Crippen molar-refractivity contribution in [1.29, 1.82) is 0 Å². The maximum atomic E-state index is 13.0. The highest BCUT2D eigenvalue weighted by molar-refractivity contribution is 6.59. The predicted molar refractivity (Wildman–Crippen MR) is 470 cm³/mol. The normalized spacial score (nSPS) is 10.4. The van der Waals surface area contributed by atoms with Gasteiger partial charge in [-0.05, 0) is 293 Å². The van der Waals surface area contributed by atoms with Gasteiger partial charge in [0.25, 0.3) is 0 Å². The maximum Gasteiger partial charge on any atom is 0.488 e. The van der Waals surface area contributed by atoms with Gasteiger partial charge in [0.15, 0.2) is 0 Å². The first-order valence-corrected chi connectivity index (χ1v) is 39.9. The molecule has 0 amide bonds. The van der Waals surface area contributed by atoms with Crippen LogP contribution in [-0.4, -0.2) is 152 Å². The lowest BCUT2D eigenvalue weighted by Gasteiger charge is -2.16. The van der Waals surface area contributed by atoms with E-state index in [9.17, 15) is 58.5 Å². The Morgan fingerprint density at radius 1 is 0.278 bits per heavy atom. The molecule has 0 fully saturated rings. The Balaban J connectivity index is 0.000000243. The first kappa shape index (κ1) is 97.4. The molecule has 0 aliphatic carbocycles. The van der Waals surface area contributed by atoms with Crippen LogP contribution in [-0.2, 0) is 35.2 Å². The summed E-state index contributed by atoms with van der Waals surface area (Å²) in [5.74, 6) is 1.22. The SMILES string of the molecule is C=CC(=O)OCCCCOc1ccc(C(=O)Oc2cc(C)c(OC(=O)c3ccc(COc4ccc(B(O)O)cc4)cc3)c(C)c2C)cc1.C=CC(=O)OCCCCOc1ccc(C(=O)Oc2cc(C)c(OC(=O)c3ccc(OCCOc4ccc(B(O)O)cc4)cc3)c(C)c2C)cc1.C=CC(=O)OCCCCOc1ccc(C(=O)Oc2ccc(B(O)O)cc2)cc1. The van der Waals surface area contributed by atoms with Gasteiger partial charge in [0.1, 0.15) is 83.1 Å². The molecule has 0 radical (unpaired) electrons. The minimum atomic E-state index is -1.57. The van der Waals surface area contributed by atoms with Gasteiger partial charge in [0.05, 0.1) is 67.5 Å². The smallest absolute Gasteiger partial charge is 0.488 e. The van der Waals surface area contributed by atoms with E-state index in [0.29, 0.717) is 219 Å². The molecule has 6 N–H and O–H groups in total. The van der Waals surface area contributed by atoms with Crippen LogP contribution < -0.4 is 68.5 Å². The van der Waals surface area contributed by atoms with Crippen molar-refractivity contribution in [1.82, 2.24) is 0 Å². The zero-order chi connectivity index (χ0) is 91.0. The molecule has 0 unspecified atom stereocenters. The molecule has 0 aliphatic rings. The summed E-state index contributed by atoms with van der Waals surface area (Å²) in [7, 11) is -4.64. The molecule has 0 bridgehead atoms. The Kier molecular flexibility index (Phi) is 39.0. The van der Waals surface area contributed by atoms with E-state index in [1.165, 1.54) is 24.3 Å². The van der Waals surface area contributed by atoms with Gasteiger partial charge in [-0.25, -0.2) is 38.4 Å². The molecule has 0 aromatic heterocycles. The van der Waals surface area contributed by atoms with Crippen molar-refractivity contribution in [2.24, 2.45) is 0 Å². The first-order chi connectivity index (χ1) is 60.6. The highest BCUT2D eigenvalue weighted by Crippen LogP contribution is 2.37. The fourth-order valence-electron chi connectivity index (χ4n) is 11.4. The Morgan fingerprint density at radius 3 is 0.802 bits per heavy atom. The van der Waals surface area contributed by atoms with E-state index < -0.39 is 69.1 Å². The summed E-state index contributed by atoms with van der Waals surface area (Å²) in [6, 6.07) is 55.1. The van der Waals surface area contributed by atoms with Gasteiger partial charge < -0.3 is 96.5 Å². The van der Waals surface area contributed by atoms with Gasteiger partial charge in [-0.3, -0.25) is 0 Å². The number of aryl methyl sites for hydroxylation is 2. The van der Waals surface area contributed by atoms with Crippen molar-refractivity contribution in [3.8, 4) is 63.2 Å². The minimum absolute atomic E-state index is 0.252. The zero-order valence-electron chi connectivity index (χ0n) is 70.5. The second-order valence-electron chi connectivity index (χ2n) is 27.9. The van der Waals surface area contributed by atoms with Crippen LogP contribution >= 0.6 is 0 Å². The van der Waals surface area contributed by atoms with Gasteiger partial charge in [0, 0.05) is 18.2 Å². The number of unbranched alkanes of at least 4 members (excludes halogenated alkanes) is 3. The molecule has 654 valence electrons. The summed E-state index contributed by atoms with van der Waals surface area (Å²) in [5.41, 5.74) is 7.47. The Morgan fingerprint density at radius 2 is 0.516 bits per heavy atom. The van der Waals surface area contributed by atoms with E-state index >= 15 is 0 Å². The quantitative estimate of drug-likeness (QED) is 0.00517. The molecule has 10 rings (SSSR count). The maximum absolute atomic E-state index is 13.0. The molecule has 126 heavy (non-hydrogen) atoms. The predicted octanol–water partition coefficient (Wildman–Crippen LogP) is 11.7. The average molecular weight is 1720 g/mol. The molecular formula is C95H97B3O28. The van der Waals surface area contributed by atoms with E-state index in [4.69, 9.17) is 76.4 Å². The second kappa shape index (κ2) is 50.5. The topological polar surface area (TPSA) is 387 Å². The van der Waals surface area contributed by atoms with E-state index in [-0.39, 0.29) is 19.8 Å². The van der Waals surface area contributed by atoms with Crippen LogP contribution in [0.5, 0.6) is 63.2 Å². The van der Waals surface area contributed by atoms with E-state index in [2.05, 4.69) is 19.7 Å². The Hall–Kier alpha value is -14.1. The van der Waals surface area contributed by atoms with Crippen LogP contribution in [0.25, 0.3) is 0 Å². The summed E-state index contributed by atoms with van der Waals surface area (Å²) in [5, 5.41) is 54.9. The minimum Gasteiger partial charge on any atom is -0.494 e. The molecule has 10 aromatic carbocycles. The fraction of sp³-hybridized carbons (Fsp3) is 0.221. The summed E-state index contributed by atoms with van der Waals surface area (Å²) >= 11 is 0. The fourth-order valence-corrected chi connectivity index (χ4v) is 11.4. The van der Waals surface area contributed by atoms with Crippen LogP contribution in [0.2, 0.25) is 0 Å². The molecule has 0 atom stereocenters. The number of benzene rings is 10. The molecule has 0 aliphatic heterocycles. The van der Waals surface area contributed by atoms with Crippen molar-refractivity contribution in [3.05, 3.63) is 311 Å². The van der Waals surface area contributed by atoms with Gasteiger partial charge >= 0.3 is 69.1 Å². The summed E-state index contributed by atoms with van der Waals surface area (Å²) < 4.78 is 76.9. The number of esters is 8. The first-order valence-electron chi connectivity index (χ1n) is 39.9. The van der Waals surface area contributed by atoms with E-state index in [1.807, 2.05) is 0 Å². The van der Waals surface area contributed by atoms with Crippen LogP contribution in [0.3, 0.4) is 0 Å². The zero-order valence-corrected chi connectivity index (χ0v) is 70.5. The van der Waals surface area contributed by atoms with Gasteiger partial charge in [-0.1, -0.05) is 68.3 Å². The van der Waals surface area contributed by atoms with Crippen LogP contribution in [0.15, 0.2) is 244 Å². The molecule has 0 heterocycles. The lowest BCUT2D eigenvalue weighted by molar-refractivity contribution is -0.138. The standard InChI is InChI=1S/C38H39BO11.C37H37BO10.C20H21BO7/c1-5-35(40)48-21-7-6-20-45-31-14-8-28(9-15-31)37(41)49-34-24-25(2)36(27(4)26(34)3)50-38(42)29-10-16-32(17-11-29)46-22-23-47-33-18-12-30(13-19-33)39(43)44;1-5-34(39)45-21-7-6-20-44-31-16-12-29(13-17-31)36(40)47-33-22-24(2)35(26(4)25(33)3)48-37(41)28-10-8-27(9-11-28)23-46-32-18-14-30(15-19-32)38(42)43;1-2-19(22)27-14-4-3-13-26-17-9-5-15(6-10-17)20(23)28-18-11-7-16(8-12-18)21(24)25/h5,8-19,24,43-44H,1,6-7,20-23H2,2-4H3;5,8-19,22,42-43H,1,6-7,20-21,23H2,2-4H3;2,5-12,24-25H,1,3-4,13-14H2. The van der Waals surface area contributed by atoms with Crippen LogP contribution in [0.4, 0.5) is 0 Å². The summed E-state index contributed by atoms with van der Waals surface area (Å²) in [6.07, 6.45) is 7.45. The largest absolute Gasteiger partial charge is 0.494 e. The number of carbonyl (C=O) groups is 8. The van der Waals surface area contributed by atoms with Crippen molar-refractivity contribution in [2.75, 3.05) is 52.9 Å².